The number of nitrogens with zero attached hydrogens (tertiary/aromatic N) is 2. The molecule has 2 nitrogen and oxygen atoms in total. The molecule has 0 atom stereocenters. The van der Waals surface area contributed by atoms with Crippen LogP contribution in [0.25, 0.3) is 0 Å². The van der Waals surface area contributed by atoms with Gasteiger partial charge in [-0.15, -0.1) is 0 Å². The zero-order valence-corrected chi connectivity index (χ0v) is 15.5. The fourth-order valence-electron chi connectivity index (χ4n) is 3.19. The predicted octanol–water partition coefficient (Wildman–Crippen LogP) is 4.48. The number of hydrogen-bond acceptors (Lipinski definition) is 2. The molecule has 2 aromatic carbocycles. The molecule has 116 valence electrons. The zero-order chi connectivity index (χ0) is 15.5. The molecular formula is C19H23IN2. The van der Waals surface area contributed by atoms with Gasteiger partial charge in [0.05, 0.1) is 0 Å². The molecule has 0 fully saturated rings. The van der Waals surface area contributed by atoms with Gasteiger partial charge < -0.3 is 9.80 Å². The van der Waals surface area contributed by atoms with Crippen LogP contribution in [-0.2, 0) is 12.8 Å². The molecule has 0 bridgehead atoms. The Labute approximate surface area is 147 Å². The standard InChI is InChI=1S/C19H23IN2/c1-21(2)12-5-13-22-18-7-4-3-6-15(18)8-9-16-14-17(20)10-11-19(16)22/h3-4,6-7,10-11,14H,5,8-9,12-13H2,1-2H3. The van der Waals surface area contributed by atoms with E-state index in [4.69, 9.17) is 0 Å². The molecule has 0 spiro atoms. The highest BCUT2D eigenvalue weighted by molar-refractivity contribution is 14.1. The van der Waals surface area contributed by atoms with Crippen molar-refractivity contribution in [2.75, 3.05) is 32.1 Å². The Morgan fingerprint density at radius 3 is 2.55 bits per heavy atom. The molecular weight excluding hydrogens is 383 g/mol. The Bertz CT molecular complexity index is 652. The van der Waals surface area contributed by atoms with Crippen molar-refractivity contribution in [3.05, 3.63) is 57.2 Å². The summed E-state index contributed by atoms with van der Waals surface area (Å²) in [6.07, 6.45) is 3.44. The van der Waals surface area contributed by atoms with Crippen LogP contribution in [-0.4, -0.2) is 32.1 Å². The van der Waals surface area contributed by atoms with Crippen LogP contribution in [0.4, 0.5) is 11.4 Å². The van der Waals surface area contributed by atoms with Crippen LogP contribution in [0.1, 0.15) is 17.5 Å². The lowest BCUT2D eigenvalue weighted by Gasteiger charge is -2.27. The quantitative estimate of drug-likeness (QED) is 0.691. The molecule has 0 aromatic heterocycles. The zero-order valence-electron chi connectivity index (χ0n) is 13.3. The number of halogens is 1. The minimum Gasteiger partial charge on any atom is -0.341 e. The number of benzene rings is 2. The highest BCUT2D eigenvalue weighted by Crippen LogP contribution is 2.36. The molecule has 1 heterocycles. The highest BCUT2D eigenvalue weighted by Gasteiger charge is 2.20. The van der Waals surface area contributed by atoms with Crippen molar-refractivity contribution in [3.8, 4) is 0 Å². The summed E-state index contributed by atoms with van der Waals surface area (Å²) in [5.41, 5.74) is 5.73. The van der Waals surface area contributed by atoms with Crippen LogP contribution < -0.4 is 4.90 Å². The minimum absolute atomic E-state index is 1.07. The molecule has 0 N–H and O–H groups in total. The van der Waals surface area contributed by atoms with Crippen molar-refractivity contribution in [2.45, 2.75) is 19.3 Å². The molecule has 3 heteroatoms. The van der Waals surface area contributed by atoms with Crippen LogP contribution >= 0.6 is 22.6 Å². The molecule has 0 unspecified atom stereocenters. The SMILES string of the molecule is CN(C)CCCN1c2ccccc2CCc2cc(I)ccc21. The largest absolute Gasteiger partial charge is 0.341 e. The van der Waals surface area contributed by atoms with Crippen LogP contribution in [0, 0.1) is 3.57 Å². The van der Waals surface area contributed by atoms with Crippen LogP contribution in [0.3, 0.4) is 0 Å². The number of anilines is 2. The third kappa shape index (κ3) is 3.46. The molecule has 3 rings (SSSR count). The molecule has 22 heavy (non-hydrogen) atoms. The normalized spacial score (nSPS) is 13.7. The maximum absolute atomic E-state index is 2.53. The van der Waals surface area contributed by atoms with Gasteiger partial charge in [0, 0.05) is 21.5 Å². The number of fused-ring (bicyclic) bond motifs is 2. The van der Waals surface area contributed by atoms with Crippen LogP contribution in [0.15, 0.2) is 42.5 Å². The topological polar surface area (TPSA) is 6.48 Å². The van der Waals surface area contributed by atoms with Gasteiger partial charge in [0.2, 0.25) is 0 Å². The minimum atomic E-state index is 1.07. The Balaban J connectivity index is 1.97. The fourth-order valence-corrected chi connectivity index (χ4v) is 3.74. The van der Waals surface area contributed by atoms with Gasteiger partial charge in [-0.1, -0.05) is 18.2 Å². The van der Waals surface area contributed by atoms with E-state index in [1.165, 1.54) is 32.5 Å². The second-order valence-corrected chi connectivity index (χ2v) is 7.46. The Morgan fingerprint density at radius 1 is 1.00 bits per heavy atom. The summed E-state index contributed by atoms with van der Waals surface area (Å²) in [6, 6.07) is 15.8. The predicted molar refractivity (Wildman–Crippen MR) is 103 cm³/mol. The van der Waals surface area contributed by atoms with Crippen molar-refractivity contribution in [3.63, 3.8) is 0 Å². The lowest BCUT2D eigenvalue weighted by molar-refractivity contribution is 0.402. The first-order valence-corrected chi connectivity index (χ1v) is 9.01. The molecule has 1 aliphatic rings. The van der Waals surface area contributed by atoms with E-state index in [1.54, 1.807) is 0 Å². The Morgan fingerprint density at radius 2 is 1.73 bits per heavy atom. The van der Waals surface area contributed by atoms with Gasteiger partial charge in [-0.05, 0) is 97.9 Å². The van der Waals surface area contributed by atoms with Crippen molar-refractivity contribution >= 4 is 34.0 Å². The van der Waals surface area contributed by atoms with E-state index < -0.39 is 0 Å². The van der Waals surface area contributed by atoms with Gasteiger partial charge in [-0.25, -0.2) is 0 Å². The first-order valence-electron chi connectivity index (χ1n) is 7.94. The molecule has 0 saturated heterocycles. The van der Waals surface area contributed by atoms with E-state index >= 15 is 0 Å². The highest BCUT2D eigenvalue weighted by atomic mass is 127. The number of hydrogen-bond donors (Lipinski definition) is 0. The fraction of sp³-hybridized carbons (Fsp3) is 0.368. The number of para-hydroxylation sites is 1. The second-order valence-electron chi connectivity index (χ2n) is 6.21. The average molecular weight is 406 g/mol. The Kier molecular flexibility index (Phi) is 5.03. The summed E-state index contributed by atoms with van der Waals surface area (Å²) < 4.78 is 1.33. The van der Waals surface area contributed by atoms with E-state index in [-0.39, 0.29) is 0 Å². The second kappa shape index (κ2) is 7.01. The summed E-state index contributed by atoms with van der Waals surface area (Å²) in [6.45, 7) is 2.20. The summed E-state index contributed by atoms with van der Waals surface area (Å²) in [5.74, 6) is 0. The van der Waals surface area contributed by atoms with Gasteiger partial charge in [0.1, 0.15) is 0 Å². The lowest BCUT2D eigenvalue weighted by atomic mass is 10.0. The summed E-state index contributed by atoms with van der Waals surface area (Å²) in [7, 11) is 4.29. The van der Waals surface area contributed by atoms with Crippen molar-refractivity contribution in [1.29, 1.82) is 0 Å². The molecule has 0 saturated carbocycles. The van der Waals surface area contributed by atoms with E-state index in [0.29, 0.717) is 0 Å². The molecule has 0 radical (unpaired) electrons. The van der Waals surface area contributed by atoms with Gasteiger partial charge >= 0.3 is 0 Å². The Hall–Kier alpha value is -1.07. The smallest absolute Gasteiger partial charge is 0.0444 e. The summed E-state index contributed by atoms with van der Waals surface area (Å²) in [5, 5.41) is 0. The first kappa shape index (κ1) is 15.8. The first-order chi connectivity index (χ1) is 10.6. The van der Waals surface area contributed by atoms with Gasteiger partial charge in [-0.3, -0.25) is 0 Å². The maximum atomic E-state index is 2.53. The van der Waals surface area contributed by atoms with E-state index in [9.17, 15) is 0 Å². The maximum Gasteiger partial charge on any atom is 0.0444 e. The van der Waals surface area contributed by atoms with Gasteiger partial charge in [0.25, 0.3) is 0 Å². The van der Waals surface area contributed by atoms with E-state index in [2.05, 4.69) is 89.0 Å². The van der Waals surface area contributed by atoms with Crippen molar-refractivity contribution in [2.24, 2.45) is 0 Å². The van der Waals surface area contributed by atoms with E-state index in [1.807, 2.05) is 0 Å². The van der Waals surface area contributed by atoms with E-state index in [0.717, 1.165) is 25.9 Å². The lowest BCUT2D eigenvalue weighted by Crippen LogP contribution is -2.24. The summed E-state index contributed by atoms with van der Waals surface area (Å²) in [4.78, 5) is 4.79. The molecule has 1 aliphatic heterocycles. The summed E-state index contributed by atoms with van der Waals surface area (Å²) >= 11 is 2.42. The number of aryl methyl sites for hydroxylation is 2. The van der Waals surface area contributed by atoms with Crippen LogP contribution in [0.5, 0.6) is 0 Å². The third-order valence-corrected chi connectivity index (χ3v) is 4.94. The number of rotatable bonds is 4. The molecule has 0 aliphatic carbocycles. The molecule has 0 amide bonds. The monoisotopic (exact) mass is 406 g/mol. The van der Waals surface area contributed by atoms with Crippen LogP contribution in [0.2, 0.25) is 0 Å². The van der Waals surface area contributed by atoms with Crippen molar-refractivity contribution in [1.82, 2.24) is 4.90 Å². The van der Waals surface area contributed by atoms with Gasteiger partial charge in [-0.2, -0.15) is 0 Å². The van der Waals surface area contributed by atoms with Crippen molar-refractivity contribution < 1.29 is 0 Å². The van der Waals surface area contributed by atoms with Gasteiger partial charge in [0.15, 0.2) is 0 Å². The third-order valence-electron chi connectivity index (χ3n) is 4.27. The molecule has 2 aromatic rings. The average Bonchev–Trinajstić information content (AvgIpc) is 2.64.